The zero-order chi connectivity index (χ0) is 14.7. The van der Waals surface area contributed by atoms with Gasteiger partial charge in [-0.2, -0.15) is 0 Å². The molecule has 106 valence electrons. The van der Waals surface area contributed by atoms with E-state index in [1.807, 2.05) is 6.07 Å². The Balaban J connectivity index is 2.25. The first-order valence-corrected chi connectivity index (χ1v) is 7.48. The number of hydrogen-bond acceptors (Lipinski definition) is 2. The molecule has 0 fully saturated rings. The highest BCUT2D eigenvalue weighted by Gasteiger charge is 2.12. The lowest BCUT2D eigenvalue weighted by atomic mass is 10.0. The Morgan fingerprint density at radius 3 is 2.50 bits per heavy atom. The summed E-state index contributed by atoms with van der Waals surface area (Å²) in [6.45, 7) is 6.32. The van der Waals surface area contributed by atoms with Crippen LogP contribution in [-0.2, 0) is 0 Å². The molecule has 0 radical (unpaired) electrons. The zero-order valence-electron chi connectivity index (χ0n) is 12.3. The van der Waals surface area contributed by atoms with E-state index in [4.69, 9.17) is 4.74 Å². The van der Waals surface area contributed by atoms with Crippen molar-refractivity contribution in [3.05, 3.63) is 57.6 Å². The van der Waals surface area contributed by atoms with Gasteiger partial charge in [-0.1, -0.05) is 39.7 Å². The molecule has 20 heavy (non-hydrogen) atoms. The summed E-state index contributed by atoms with van der Waals surface area (Å²) in [6, 6.07) is 12.7. The second-order valence-corrected chi connectivity index (χ2v) is 5.93. The second-order valence-electron chi connectivity index (χ2n) is 5.08. The quantitative estimate of drug-likeness (QED) is 0.825. The van der Waals surface area contributed by atoms with Crippen LogP contribution in [0.5, 0.6) is 5.75 Å². The first-order chi connectivity index (χ1) is 9.51. The highest BCUT2D eigenvalue weighted by molar-refractivity contribution is 9.10. The van der Waals surface area contributed by atoms with E-state index < -0.39 is 0 Å². The van der Waals surface area contributed by atoms with E-state index in [9.17, 15) is 0 Å². The Morgan fingerprint density at radius 2 is 1.85 bits per heavy atom. The van der Waals surface area contributed by atoms with Gasteiger partial charge in [-0.3, -0.25) is 0 Å². The van der Waals surface area contributed by atoms with Crippen LogP contribution in [0.4, 0.5) is 5.69 Å². The van der Waals surface area contributed by atoms with Gasteiger partial charge >= 0.3 is 0 Å². The normalized spacial score (nSPS) is 12.1. The number of benzene rings is 2. The summed E-state index contributed by atoms with van der Waals surface area (Å²) >= 11 is 3.57. The summed E-state index contributed by atoms with van der Waals surface area (Å²) in [5, 5.41) is 3.52. The molecule has 2 aromatic rings. The third kappa shape index (κ3) is 3.34. The highest BCUT2D eigenvalue weighted by Crippen LogP contribution is 2.30. The minimum absolute atomic E-state index is 0.180. The maximum absolute atomic E-state index is 5.45. The third-order valence-electron chi connectivity index (χ3n) is 3.41. The van der Waals surface area contributed by atoms with Crippen LogP contribution in [0.2, 0.25) is 0 Å². The van der Waals surface area contributed by atoms with Crippen molar-refractivity contribution in [2.45, 2.75) is 26.8 Å². The van der Waals surface area contributed by atoms with Crippen LogP contribution in [0.15, 0.2) is 40.9 Å². The molecule has 3 heteroatoms. The fourth-order valence-electron chi connectivity index (χ4n) is 2.20. The largest absolute Gasteiger partial charge is 0.496 e. The highest BCUT2D eigenvalue weighted by atomic mass is 79.9. The Hall–Kier alpha value is -1.48. The summed E-state index contributed by atoms with van der Waals surface area (Å²) in [5.41, 5.74) is 4.73. The molecule has 2 aromatic carbocycles. The first kappa shape index (κ1) is 14.9. The Morgan fingerprint density at radius 1 is 1.10 bits per heavy atom. The van der Waals surface area contributed by atoms with Crippen molar-refractivity contribution in [2.75, 3.05) is 12.4 Å². The molecule has 1 atom stereocenters. The predicted molar refractivity (Wildman–Crippen MR) is 88.6 cm³/mol. The molecule has 0 aliphatic heterocycles. The monoisotopic (exact) mass is 333 g/mol. The maximum Gasteiger partial charge on any atom is 0.124 e. The summed E-state index contributed by atoms with van der Waals surface area (Å²) < 4.78 is 6.57. The van der Waals surface area contributed by atoms with Gasteiger partial charge in [-0.15, -0.1) is 0 Å². The minimum Gasteiger partial charge on any atom is -0.496 e. The fourth-order valence-corrected chi connectivity index (χ4v) is 2.58. The van der Waals surface area contributed by atoms with Crippen LogP contribution in [0.3, 0.4) is 0 Å². The number of aryl methyl sites for hydroxylation is 2. The molecular formula is C17H20BrNO. The molecule has 0 saturated carbocycles. The SMILES string of the molecule is COc1ccc(C)cc1C(C)Nc1ccc(C)c(Br)c1. The molecule has 1 N–H and O–H groups in total. The Kier molecular flexibility index (Phi) is 4.71. The molecule has 0 spiro atoms. The van der Waals surface area contributed by atoms with Gasteiger partial charge in [0.05, 0.1) is 13.2 Å². The summed E-state index contributed by atoms with van der Waals surface area (Å²) in [6.07, 6.45) is 0. The number of halogens is 1. The lowest BCUT2D eigenvalue weighted by Crippen LogP contribution is -2.08. The van der Waals surface area contributed by atoms with Crippen LogP contribution in [0, 0.1) is 13.8 Å². The van der Waals surface area contributed by atoms with E-state index in [1.165, 1.54) is 16.7 Å². The van der Waals surface area contributed by atoms with Crippen LogP contribution >= 0.6 is 15.9 Å². The Bertz CT molecular complexity index is 610. The fraction of sp³-hybridized carbons (Fsp3) is 0.294. The molecule has 0 heterocycles. The summed E-state index contributed by atoms with van der Waals surface area (Å²) in [4.78, 5) is 0. The number of ether oxygens (including phenoxy) is 1. The summed E-state index contributed by atoms with van der Waals surface area (Å²) in [7, 11) is 1.71. The molecule has 0 bridgehead atoms. The van der Waals surface area contributed by atoms with Gasteiger partial charge in [-0.05, 0) is 44.5 Å². The Labute approximate surface area is 129 Å². The van der Waals surface area contributed by atoms with E-state index in [0.717, 1.165) is 15.9 Å². The molecule has 0 amide bonds. The van der Waals surface area contributed by atoms with Crippen molar-refractivity contribution in [1.29, 1.82) is 0 Å². The van der Waals surface area contributed by atoms with Gasteiger partial charge in [-0.25, -0.2) is 0 Å². The predicted octanol–water partition coefficient (Wildman–Crippen LogP) is 5.25. The number of nitrogens with one attached hydrogen (secondary N) is 1. The van der Waals surface area contributed by atoms with Crippen molar-refractivity contribution in [1.82, 2.24) is 0 Å². The van der Waals surface area contributed by atoms with E-state index in [-0.39, 0.29) is 6.04 Å². The molecule has 0 aliphatic carbocycles. The third-order valence-corrected chi connectivity index (χ3v) is 4.26. The average molecular weight is 334 g/mol. The van der Waals surface area contributed by atoms with E-state index in [2.05, 4.69) is 72.3 Å². The molecule has 0 saturated heterocycles. The average Bonchev–Trinajstić information content (AvgIpc) is 2.43. The molecule has 0 aromatic heterocycles. The van der Waals surface area contributed by atoms with E-state index >= 15 is 0 Å². The van der Waals surface area contributed by atoms with Gasteiger partial charge in [0.2, 0.25) is 0 Å². The lowest BCUT2D eigenvalue weighted by molar-refractivity contribution is 0.408. The van der Waals surface area contributed by atoms with E-state index in [1.54, 1.807) is 7.11 Å². The van der Waals surface area contributed by atoms with Crippen molar-refractivity contribution in [3.63, 3.8) is 0 Å². The maximum atomic E-state index is 5.45. The smallest absolute Gasteiger partial charge is 0.124 e. The van der Waals surface area contributed by atoms with Gasteiger partial charge in [0.1, 0.15) is 5.75 Å². The number of methoxy groups -OCH3 is 1. The standard InChI is InChI=1S/C17H20BrNO/c1-11-5-8-17(20-4)15(9-11)13(3)19-14-7-6-12(2)16(18)10-14/h5-10,13,19H,1-4H3. The molecule has 2 rings (SSSR count). The van der Waals surface area contributed by atoms with Gasteiger partial charge in [0.15, 0.2) is 0 Å². The number of anilines is 1. The molecular weight excluding hydrogens is 314 g/mol. The molecule has 0 aliphatic rings. The van der Waals surface area contributed by atoms with Gasteiger partial charge in [0, 0.05) is 15.7 Å². The molecule has 2 nitrogen and oxygen atoms in total. The van der Waals surface area contributed by atoms with Crippen molar-refractivity contribution < 1.29 is 4.74 Å². The van der Waals surface area contributed by atoms with Crippen LogP contribution < -0.4 is 10.1 Å². The van der Waals surface area contributed by atoms with Gasteiger partial charge < -0.3 is 10.1 Å². The summed E-state index contributed by atoms with van der Waals surface area (Å²) in [5.74, 6) is 0.918. The van der Waals surface area contributed by atoms with Crippen LogP contribution in [-0.4, -0.2) is 7.11 Å². The van der Waals surface area contributed by atoms with Gasteiger partial charge in [0.25, 0.3) is 0 Å². The van der Waals surface area contributed by atoms with E-state index in [0.29, 0.717) is 0 Å². The lowest BCUT2D eigenvalue weighted by Gasteiger charge is -2.19. The number of rotatable bonds is 4. The van der Waals surface area contributed by atoms with Crippen LogP contribution in [0.25, 0.3) is 0 Å². The van der Waals surface area contributed by atoms with Crippen LogP contribution in [0.1, 0.15) is 29.7 Å². The number of hydrogen-bond donors (Lipinski definition) is 1. The van der Waals surface area contributed by atoms with Crippen molar-refractivity contribution in [2.24, 2.45) is 0 Å². The zero-order valence-corrected chi connectivity index (χ0v) is 13.9. The first-order valence-electron chi connectivity index (χ1n) is 6.68. The topological polar surface area (TPSA) is 21.3 Å². The van der Waals surface area contributed by atoms with Crippen molar-refractivity contribution >= 4 is 21.6 Å². The second kappa shape index (κ2) is 6.31. The molecule has 1 unspecified atom stereocenters. The minimum atomic E-state index is 0.180. The van der Waals surface area contributed by atoms with Crippen molar-refractivity contribution in [3.8, 4) is 5.75 Å².